The lowest BCUT2D eigenvalue weighted by atomic mass is 9.86. The van der Waals surface area contributed by atoms with Gasteiger partial charge in [-0.15, -0.1) is 0 Å². The minimum atomic E-state index is -0.149. The van der Waals surface area contributed by atoms with E-state index in [1.807, 2.05) is 36.7 Å². The number of carbonyl (C=O) groups is 1. The normalized spacial score (nSPS) is 26.1. The molecular weight excluding hydrogens is 344 g/mol. The summed E-state index contributed by atoms with van der Waals surface area (Å²) in [6.07, 6.45) is 3.08. The number of ether oxygens (including phenoxy) is 2. The van der Waals surface area contributed by atoms with Crippen molar-refractivity contribution in [3.63, 3.8) is 0 Å². The Labute approximate surface area is 159 Å². The number of hydrogen-bond acceptors (Lipinski definition) is 5. The highest BCUT2D eigenvalue weighted by atomic mass is 16.5. The van der Waals surface area contributed by atoms with Crippen LogP contribution < -0.4 is 5.32 Å². The van der Waals surface area contributed by atoms with Crippen LogP contribution >= 0.6 is 0 Å². The van der Waals surface area contributed by atoms with Crippen molar-refractivity contribution in [2.75, 3.05) is 38.7 Å². The van der Waals surface area contributed by atoms with Gasteiger partial charge in [0.05, 0.1) is 29.3 Å². The summed E-state index contributed by atoms with van der Waals surface area (Å²) in [5.74, 6) is 0.940. The van der Waals surface area contributed by atoms with Crippen LogP contribution in [0, 0.1) is 6.92 Å². The molecule has 1 aromatic heterocycles. The summed E-state index contributed by atoms with van der Waals surface area (Å²) in [6.45, 7) is 4.72. The van der Waals surface area contributed by atoms with E-state index in [2.05, 4.69) is 15.2 Å². The van der Waals surface area contributed by atoms with Gasteiger partial charge in [-0.2, -0.15) is 0 Å². The molecule has 2 fully saturated rings. The second kappa shape index (κ2) is 7.22. The maximum Gasteiger partial charge on any atom is 0.238 e. The first-order chi connectivity index (χ1) is 13.0. The number of hydrogen-bond donors (Lipinski definition) is 1. The molecule has 1 spiro atoms. The predicted molar refractivity (Wildman–Crippen MR) is 104 cm³/mol. The summed E-state index contributed by atoms with van der Waals surface area (Å²) in [5.41, 5.74) is 2.59. The molecule has 4 rings (SSSR count). The van der Waals surface area contributed by atoms with Crippen molar-refractivity contribution >= 4 is 22.6 Å². The summed E-state index contributed by atoms with van der Waals surface area (Å²) < 4.78 is 13.8. The van der Waals surface area contributed by atoms with Crippen LogP contribution in [0.1, 0.15) is 25.1 Å². The third kappa shape index (κ3) is 3.47. The standard InChI is InChI=1S/C20H28N4O3/c1-14-21-16-11-15(5-6-17(16)23(14)2)22-19(25)13-24-9-8-20(7-4-10-27-20)18(12-24)26-3/h5-6,11,18H,4,7-10,12-13H2,1-3H3,(H,22,25). The van der Waals surface area contributed by atoms with E-state index >= 15 is 0 Å². The lowest BCUT2D eigenvalue weighted by Crippen LogP contribution is -2.57. The average Bonchev–Trinajstić information content (AvgIpc) is 3.22. The number of aromatic nitrogens is 2. The molecule has 146 valence electrons. The topological polar surface area (TPSA) is 68.6 Å². The van der Waals surface area contributed by atoms with Gasteiger partial charge in [-0.1, -0.05) is 0 Å². The Morgan fingerprint density at radius 2 is 2.30 bits per heavy atom. The number of benzene rings is 1. The lowest BCUT2D eigenvalue weighted by Gasteiger charge is -2.44. The SMILES string of the molecule is COC1CN(CC(=O)Nc2ccc3c(c2)nc(C)n3C)CCC12CCCO2. The zero-order valence-corrected chi connectivity index (χ0v) is 16.3. The first kappa shape index (κ1) is 18.4. The summed E-state index contributed by atoms with van der Waals surface area (Å²) in [7, 11) is 3.73. The number of aryl methyl sites for hydroxylation is 2. The van der Waals surface area contributed by atoms with Gasteiger partial charge in [0.15, 0.2) is 0 Å². The monoisotopic (exact) mass is 372 g/mol. The van der Waals surface area contributed by atoms with Crippen molar-refractivity contribution in [3.05, 3.63) is 24.0 Å². The molecule has 3 heterocycles. The van der Waals surface area contributed by atoms with E-state index in [0.717, 1.165) is 61.5 Å². The Morgan fingerprint density at radius 1 is 1.44 bits per heavy atom. The molecule has 7 heteroatoms. The van der Waals surface area contributed by atoms with Crippen LogP contribution in [-0.2, 0) is 21.3 Å². The zero-order valence-electron chi connectivity index (χ0n) is 16.3. The van der Waals surface area contributed by atoms with Crippen LogP contribution in [0.5, 0.6) is 0 Å². The number of methoxy groups -OCH3 is 1. The molecule has 1 aromatic carbocycles. The first-order valence-corrected chi connectivity index (χ1v) is 9.63. The van der Waals surface area contributed by atoms with Crippen LogP contribution in [0.25, 0.3) is 11.0 Å². The van der Waals surface area contributed by atoms with Crippen molar-refractivity contribution in [3.8, 4) is 0 Å². The van der Waals surface area contributed by atoms with Gasteiger partial charge in [-0.05, 0) is 44.4 Å². The van der Waals surface area contributed by atoms with Gasteiger partial charge in [-0.3, -0.25) is 9.69 Å². The minimum Gasteiger partial charge on any atom is -0.377 e. The Morgan fingerprint density at radius 3 is 3.04 bits per heavy atom. The van der Waals surface area contributed by atoms with Gasteiger partial charge in [-0.25, -0.2) is 4.98 Å². The number of nitrogens with one attached hydrogen (secondary N) is 1. The van der Waals surface area contributed by atoms with E-state index in [1.54, 1.807) is 7.11 Å². The molecule has 0 radical (unpaired) electrons. The molecule has 0 aliphatic carbocycles. The van der Waals surface area contributed by atoms with Crippen LogP contribution in [0.15, 0.2) is 18.2 Å². The highest BCUT2D eigenvalue weighted by Crippen LogP contribution is 2.37. The average molecular weight is 372 g/mol. The van der Waals surface area contributed by atoms with Crippen LogP contribution in [0.4, 0.5) is 5.69 Å². The number of likely N-dealkylation sites (tertiary alicyclic amines) is 1. The van der Waals surface area contributed by atoms with E-state index in [4.69, 9.17) is 9.47 Å². The van der Waals surface area contributed by atoms with Gasteiger partial charge in [0.1, 0.15) is 5.82 Å². The van der Waals surface area contributed by atoms with Crippen molar-refractivity contribution in [1.29, 1.82) is 0 Å². The largest absolute Gasteiger partial charge is 0.377 e. The van der Waals surface area contributed by atoms with E-state index in [0.29, 0.717) is 6.54 Å². The second-order valence-corrected chi connectivity index (χ2v) is 7.70. The first-order valence-electron chi connectivity index (χ1n) is 9.63. The number of anilines is 1. The van der Waals surface area contributed by atoms with E-state index in [1.165, 1.54) is 0 Å². The molecule has 0 saturated carbocycles. The van der Waals surface area contributed by atoms with E-state index in [-0.39, 0.29) is 17.6 Å². The summed E-state index contributed by atoms with van der Waals surface area (Å²) in [6, 6.07) is 5.85. The molecule has 1 amide bonds. The molecule has 2 aliphatic heterocycles. The van der Waals surface area contributed by atoms with Gasteiger partial charge < -0.3 is 19.4 Å². The fourth-order valence-corrected chi connectivity index (χ4v) is 4.41. The third-order valence-electron chi connectivity index (χ3n) is 6.04. The Hall–Kier alpha value is -1.96. The summed E-state index contributed by atoms with van der Waals surface area (Å²) in [5, 5.41) is 3.00. The Kier molecular flexibility index (Phi) is 4.92. The highest BCUT2D eigenvalue weighted by Gasteiger charge is 2.46. The van der Waals surface area contributed by atoms with Crippen molar-refractivity contribution < 1.29 is 14.3 Å². The Bertz CT molecular complexity index is 841. The summed E-state index contributed by atoms with van der Waals surface area (Å²) in [4.78, 5) is 19.2. The molecule has 2 atom stereocenters. The van der Waals surface area contributed by atoms with E-state index < -0.39 is 0 Å². The number of fused-ring (bicyclic) bond motifs is 1. The van der Waals surface area contributed by atoms with Gasteiger partial charge in [0, 0.05) is 39.5 Å². The lowest BCUT2D eigenvalue weighted by molar-refractivity contribution is -0.145. The van der Waals surface area contributed by atoms with Crippen molar-refractivity contribution in [2.24, 2.45) is 7.05 Å². The number of amides is 1. The zero-order chi connectivity index (χ0) is 19.0. The van der Waals surface area contributed by atoms with Crippen molar-refractivity contribution in [2.45, 2.75) is 37.9 Å². The molecular formula is C20H28N4O3. The molecule has 7 nitrogen and oxygen atoms in total. The number of carbonyl (C=O) groups excluding carboxylic acids is 1. The molecule has 2 aliphatic rings. The smallest absolute Gasteiger partial charge is 0.238 e. The van der Waals surface area contributed by atoms with Crippen molar-refractivity contribution in [1.82, 2.24) is 14.5 Å². The highest BCUT2D eigenvalue weighted by molar-refractivity contribution is 5.94. The maximum atomic E-state index is 12.5. The van der Waals surface area contributed by atoms with Crippen LogP contribution in [0.2, 0.25) is 0 Å². The molecule has 1 N–H and O–H groups in total. The molecule has 27 heavy (non-hydrogen) atoms. The Balaban J connectivity index is 1.38. The minimum absolute atomic E-state index is 0.0138. The van der Waals surface area contributed by atoms with Crippen LogP contribution in [-0.4, -0.2) is 65.4 Å². The quantitative estimate of drug-likeness (QED) is 0.890. The summed E-state index contributed by atoms with van der Waals surface area (Å²) >= 11 is 0. The number of rotatable bonds is 4. The fourth-order valence-electron chi connectivity index (χ4n) is 4.41. The molecule has 2 aromatic rings. The third-order valence-corrected chi connectivity index (χ3v) is 6.04. The number of nitrogens with zero attached hydrogens (tertiary/aromatic N) is 3. The van der Waals surface area contributed by atoms with E-state index in [9.17, 15) is 4.79 Å². The van der Waals surface area contributed by atoms with Gasteiger partial charge in [0.2, 0.25) is 5.91 Å². The maximum absolute atomic E-state index is 12.5. The van der Waals surface area contributed by atoms with Crippen LogP contribution in [0.3, 0.4) is 0 Å². The number of piperidine rings is 1. The van der Waals surface area contributed by atoms with Gasteiger partial charge in [0.25, 0.3) is 0 Å². The molecule has 0 bridgehead atoms. The molecule has 2 saturated heterocycles. The molecule has 2 unspecified atom stereocenters. The second-order valence-electron chi connectivity index (χ2n) is 7.70. The fraction of sp³-hybridized carbons (Fsp3) is 0.600. The predicted octanol–water partition coefficient (Wildman–Crippen LogP) is 2.09. The van der Waals surface area contributed by atoms with Gasteiger partial charge >= 0.3 is 0 Å². The number of imidazole rings is 1.